The van der Waals surface area contributed by atoms with E-state index in [0.29, 0.717) is 10.8 Å². The van der Waals surface area contributed by atoms with E-state index < -0.39 is 11.6 Å². The van der Waals surface area contributed by atoms with E-state index in [1.165, 1.54) is 6.07 Å². The van der Waals surface area contributed by atoms with Gasteiger partial charge in [0.2, 0.25) is 0 Å². The number of benzene rings is 2. The van der Waals surface area contributed by atoms with Crippen LogP contribution in [-0.4, -0.2) is 6.54 Å². The molecule has 0 spiro atoms. The highest BCUT2D eigenvalue weighted by atomic mass is 35.5. The van der Waals surface area contributed by atoms with Crippen LogP contribution in [0.2, 0.25) is 0 Å². The van der Waals surface area contributed by atoms with Crippen molar-refractivity contribution < 1.29 is 8.78 Å². The monoisotopic (exact) mass is 243 g/mol. The minimum Gasteiger partial charge on any atom is -0.330 e. The molecule has 16 heavy (non-hydrogen) atoms. The molecule has 0 aliphatic heterocycles. The molecule has 2 aromatic rings. The lowest BCUT2D eigenvalue weighted by atomic mass is 10.0. The molecule has 0 heterocycles. The maximum Gasteiger partial charge on any atom is 0.137 e. The Bertz CT molecular complexity index is 500. The predicted octanol–water partition coefficient (Wildman–Crippen LogP) is 3.04. The first-order valence-corrected chi connectivity index (χ1v) is 4.79. The van der Waals surface area contributed by atoms with Crippen molar-refractivity contribution in [3.05, 3.63) is 47.5 Å². The lowest BCUT2D eigenvalue weighted by Gasteiger charge is -2.06. The second-order valence-electron chi connectivity index (χ2n) is 3.41. The molecule has 2 aromatic carbocycles. The Kier molecular flexibility index (Phi) is 4.21. The molecule has 0 aliphatic rings. The SMILES string of the molecule is Cl.NCCc1c(F)cc2ccccc2c1F. The molecule has 0 bridgehead atoms. The average Bonchev–Trinajstić information content (AvgIpc) is 2.24. The Morgan fingerprint density at radius 3 is 2.50 bits per heavy atom. The molecule has 1 nitrogen and oxygen atoms in total. The molecular weight excluding hydrogens is 232 g/mol. The van der Waals surface area contributed by atoms with Crippen LogP contribution in [-0.2, 0) is 6.42 Å². The van der Waals surface area contributed by atoms with Crippen LogP contribution in [0.5, 0.6) is 0 Å². The van der Waals surface area contributed by atoms with Crippen molar-refractivity contribution in [2.75, 3.05) is 6.54 Å². The first kappa shape index (κ1) is 12.9. The predicted molar refractivity (Wildman–Crippen MR) is 63.9 cm³/mol. The van der Waals surface area contributed by atoms with Gasteiger partial charge in [-0.2, -0.15) is 0 Å². The van der Waals surface area contributed by atoms with Crippen molar-refractivity contribution in [3.63, 3.8) is 0 Å². The molecule has 4 heteroatoms. The van der Waals surface area contributed by atoms with E-state index in [1.54, 1.807) is 24.3 Å². The van der Waals surface area contributed by atoms with Gasteiger partial charge in [-0.3, -0.25) is 0 Å². The zero-order valence-electron chi connectivity index (χ0n) is 8.54. The molecule has 2 rings (SSSR count). The number of fused-ring (bicyclic) bond motifs is 1. The molecule has 0 saturated carbocycles. The third kappa shape index (κ3) is 2.15. The third-order valence-corrected chi connectivity index (χ3v) is 2.43. The molecule has 0 unspecified atom stereocenters. The summed E-state index contributed by atoms with van der Waals surface area (Å²) in [6.07, 6.45) is 0.225. The van der Waals surface area contributed by atoms with Gasteiger partial charge in [0.1, 0.15) is 11.6 Å². The van der Waals surface area contributed by atoms with Crippen LogP contribution in [0.4, 0.5) is 8.78 Å². The normalized spacial score (nSPS) is 10.2. The summed E-state index contributed by atoms with van der Waals surface area (Å²) in [6.45, 7) is 0.242. The van der Waals surface area contributed by atoms with Gasteiger partial charge in [-0.15, -0.1) is 12.4 Å². The van der Waals surface area contributed by atoms with Crippen molar-refractivity contribution in [1.29, 1.82) is 0 Å². The van der Waals surface area contributed by atoms with E-state index in [0.717, 1.165) is 0 Å². The van der Waals surface area contributed by atoms with E-state index >= 15 is 0 Å². The maximum absolute atomic E-state index is 13.8. The fourth-order valence-corrected chi connectivity index (χ4v) is 1.69. The number of hydrogen-bond donors (Lipinski definition) is 1. The van der Waals surface area contributed by atoms with Gasteiger partial charge in [0, 0.05) is 10.9 Å². The summed E-state index contributed by atoms with van der Waals surface area (Å²) in [4.78, 5) is 0. The van der Waals surface area contributed by atoms with Crippen molar-refractivity contribution in [1.82, 2.24) is 0 Å². The minimum atomic E-state index is -0.517. The van der Waals surface area contributed by atoms with Gasteiger partial charge in [0.15, 0.2) is 0 Å². The van der Waals surface area contributed by atoms with Crippen LogP contribution in [0, 0.1) is 11.6 Å². The summed E-state index contributed by atoms with van der Waals surface area (Å²) in [5.74, 6) is -1.01. The molecule has 0 atom stereocenters. The molecule has 2 N–H and O–H groups in total. The lowest BCUT2D eigenvalue weighted by molar-refractivity contribution is 0.564. The Balaban J connectivity index is 0.00000128. The Labute approximate surface area is 98.7 Å². The minimum absolute atomic E-state index is 0. The number of nitrogens with two attached hydrogens (primary N) is 1. The molecule has 0 saturated heterocycles. The highest BCUT2D eigenvalue weighted by Gasteiger charge is 2.12. The Hall–Kier alpha value is -1.19. The molecular formula is C12H12ClF2N. The van der Waals surface area contributed by atoms with E-state index in [2.05, 4.69) is 0 Å². The van der Waals surface area contributed by atoms with Crippen molar-refractivity contribution in [2.24, 2.45) is 5.73 Å². The highest BCUT2D eigenvalue weighted by Crippen LogP contribution is 2.23. The quantitative estimate of drug-likeness (QED) is 0.862. The summed E-state index contributed by atoms with van der Waals surface area (Å²) in [6, 6.07) is 8.17. The van der Waals surface area contributed by atoms with Crippen molar-refractivity contribution >= 4 is 23.2 Å². The zero-order valence-corrected chi connectivity index (χ0v) is 9.36. The summed E-state index contributed by atoms with van der Waals surface area (Å²) < 4.78 is 27.3. The van der Waals surface area contributed by atoms with E-state index in [9.17, 15) is 8.78 Å². The molecule has 0 aromatic heterocycles. The van der Waals surface area contributed by atoms with Gasteiger partial charge in [0.25, 0.3) is 0 Å². The lowest BCUT2D eigenvalue weighted by Crippen LogP contribution is -2.07. The smallest absolute Gasteiger partial charge is 0.137 e. The van der Waals surface area contributed by atoms with Crippen LogP contribution in [0.1, 0.15) is 5.56 Å². The average molecular weight is 244 g/mol. The standard InChI is InChI=1S/C12H11F2N.ClH/c13-11-7-8-3-1-2-4-9(8)12(14)10(11)5-6-15;/h1-4,7H,5-6,15H2;1H. The fourth-order valence-electron chi connectivity index (χ4n) is 1.69. The van der Waals surface area contributed by atoms with Gasteiger partial charge in [0.05, 0.1) is 0 Å². The maximum atomic E-state index is 13.8. The first-order chi connectivity index (χ1) is 7.24. The summed E-state index contributed by atoms with van der Waals surface area (Å²) in [7, 11) is 0. The highest BCUT2D eigenvalue weighted by molar-refractivity contribution is 5.85. The second kappa shape index (κ2) is 5.23. The van der Waals surface area contributed by atoms with Gasteiger partial charge >= 0.3 is 0 Å². The first-order valence-electron chi connectivity index (χ1n) is 4.79. The summed E-state index contributed by atoms with van der Waals surface area (Å²) in [5.41, 5.74) is 5.39. The molecule has 0 aliphatic carbocycles. The number of halogens is 3. The summed E-state index contributed by atoms with van der Waals surface area (Å²) >= 11 is 0. The van der Waals surface area contributed by atoms with E-state index in [-0.39, 0.29) is 30.9 Å². The van der Waals surface area contributed by atoms with Crippen LogP contribution in [0.3, 0.4) is 0 Å². The summed E-state index contributed by atoms with van der Waals surface area (Å²) in [5, 5.41) is 1.02. The number of rotatable bonds is 2. The van der Waals surface area contributed by atoms with Gasteiger partial charge in [-0.25, -0.2) is 8.78 Å². The topological polar surface area (TPSA) is 26.0 Å². The van der Waals surface area contributed by atoms with Crippen molar-refractivity contribution in [3.8, 4) is 0 Å². The van der Waals surface area contributed by atoms with Crippen LogP contribution in [0.25, 0.3) is 10.8 Å². The molecule has 0 amide bonds. The fraction of sp³-hybridized carbons (Fsp3) is 0.167. The van der Waals surface area contributed by atoms with E-state index in [4.69, 9.17) is 5.73 Å². The van der Waals surface area contributed by atoms with Gasteiger partial charge < -0.3 is 5.73 Å². The zero-order chi connectivity index (χ0) is 10.8. The molecule has 86 valence electrons. The third-order valence-electron chi connectivity index (χ3n) is 2.43. The Morgan fingerprint density at radius 1 is 1.12 bits per heavy atom. The second-order valence-corrected chi connectivity index (χ2v) is 3.41. The van der Waals surface area contributed by atoms with Crippen molar-refractivity contribution in [2.45, 2.75) is 6.42 Å². The number of hydrogen-bond acceptors (Lipinski definition) is 1. The van der Waals surface area contributed by atoms with Crippen LogP contribution in [0.15, 0.2) is 30.3 Å². The van der Waals surface area contributed by atoms with E-state index in [1.807, 2.05) is 0 Å². The van der Waals surface area contributed by atoms with Crippen LogP contribution < -0.4 is 5.73 Å². The molecule has 0 radical (unpaired) electrons. The van der Waals surface area contributed by atoms with Gasteiger partial charge in [-0.1, -0.05) is 24.3 Å². The largest absolute Gasteiger partial charge is 0.330 e. The Morgan fingerprint density at radius 2 is 1.81 bits per heavy atom. The molecule has 0 fully saturated rings. The van der Waals surface area contributed by atoms with Crippen LogP contribution >= 0.6 is 12.4 Å². The van der Waals surface area contributed by atoms with Gasteiger partial charge in [-0.05, 0) is 24.4 Å².